The second kappa shape index (κ2) is 9.97. The van der Waals surface area contributed by atoms with Crippen LogP contribution in [0.5, 0.6) is 11.5 Å². The number of nitrogens with one attached hydrogen (secondary N) is 1. The monoisotopic (exact) mass is 412 g/mol. The molecule has 29 heavy (non-hydrogen) atoms. The van der Waals surface area contributed by atoms with E-state index in [1.165, 1.54) is 0 Å². The lowest BCUT2D eigenvalue weighted by Gasteiger charge is -2.12. The van der Waals surface area contributed by atoms with E-state index in [0.29, 0.717) is 23.7 Å². The van der Waals surface area contributed by atoms with E-state index >= 15 is 0 Å². The van der Waals surface area contributed by atoms with Crippen LogP contribution in [0.1, 0.15) is 30.0 Å². The molecule has 1 N–H and O–H groups in total. The average Bonchev–Trinajstić information content (AvgIpc) is 3.15. The van der Waals surface area contributed by atoms with Crippen LogP contribution in [0.25, 0.3) is 5.69 Å². The molecule has 0 radical (unpaired) electrons. The number of ether oxygens (including phenoxy) is 2. The van der Waals surface area contributed by atoms with Crippen LogP contribution in [-0.2, 0) is 6.54 Å². The van der Waals surface area contributed by atoms with Gasteiger partial charge in [0.15, 0.2) is 11.0 Å². The summed E-state index contributed by atoms with van der Waals surface area (Å²) in [7, 11) is 1.59. The molecule has 0 atom stereocenters. The van der Waals surface area contributed by atoms with Crippen LogP contribution in [0.3, 0.4) is 0 Å². The highest BCUT2D eigenvalue weighted by Crippen LogP contribution is 2.23. The van der Waals surface area contributed by atoms with Crippen molar-refractivity contribution in [1.29, 1.82) is 0 Å². The molecule has 8 heteroatoms. The average molecular weight is 413 g/mol. The lowest BCUT2D eigenvalue weighted by Crippen LogP contribution is -2.24. The molecule has 3 rings (SSSR count). The maximum Gasteiger partial charge on any atom is 0.251 e. The Bertz CT molecular complexity index is 940. The maximum atomic E-state index is 12.5. The molecular weight excluding hydrogens is 388 g/mol. The summed E-state index contributed by atoms with van der Waals surface area (Å²) >= 11 is 1.60. The van der Waals surface area contributed by atoms with Crippen molar-refractivity contribution in [2.45, 2.75) is 25.5 Å². The molecule has 3 aromatic rings. The van der Waals surface area contributed by atoms with E-state index in [1.807, 2.05) is 35.8 Å². The highest BCUT2D eigenvalue weighted by atomic mass is 32.2. The molecule has 0 spiro atoms. The zero-order valence-electron chi connectivity index (χ0n) is 16.7. The number of amides is 1. The number of hydrogen-bond donors (Lipinski definition) is 1. The van der Waals surface area contributed by atoms with Crippen molar-refractivity contribution < 1.29 is 14.3 Å². The van der Waals surface area contributed by atoms with Crippen molar-refractivity contribution in [3.63, 3.8) is 0 Å². The zero-order valence-corrected chi connectivity index (χ0v) is 17.5. The number of thioether (sulfide) groups is 1. The predicted octanol–water partition coefficient (Wildman–Crippen LogP) is 3.72. The van der Waals surface area contributed by atoms with Gasteiger partial charge < -0.3 is 14.8 Å². The van der Waals surface area contributed by atoms with Crippen molar-refractivity contribution in [3.8, 4) is 17.2 Å². The summed E-state index contributed by atoms with van der Waals surface area (Å²) in [5, 5.41) is 12.3. The van der Waals surface area contributed by atoms with Gasteiger partial charge in [0.05, 0.1) is 20.3 Å². The summed E-state index contributed by atoms with van der Waals surface area (Å²) in [6.07, 6.45) is 0. The van der Waals surface area contributed by atoms with E-state index < -0.39 is 0 Å². The summed E-state index contributed by atoms with van der Waals surface area (Å²) in [5.74, 6) is 2.86. The molecule has 0 fully saturated rings. The standard InChI is InChI=1S/C21H24N4O3S/c1-4-28-18-12-8-16(9-13-18)25-19(23-24-21(25)29-5-2)14-22-20(26)15-6-10-17(27-3)11-7-15/h6-13H,4-5,14H2,1-3H3,(H,22,26). The van der Waals surface area contributed by atoms with Gasteiger partial charge in [0.2, 0.25) is 0 Å². The number of benzene rings is 2. The van der Waals surface area contributed by atoms with Gasteiger partial charge >= 0.3 is 0 Å². The number of rotatable bonds is 9. The fourth-order valence-electron chi connectivity index (χ4n) is 2.76. The van der Waals surface area contributed by atoms with Crippen molar-refractivity contribution in [1.82, 2.24) is 20.1 Å². The summed E-state index contributed by atoms with van der Waals surface area (Å²) in [4.78, 5) is 12.5. The Kier molecular flexibility index (Phi) is 7.13. The molecule has 1 amide bonds. The first-order valence-corrected chi connectivity index (χ1v) is 10.4. The molecule has 7 nitrogen and oxygen atoms in total. The van der Waals surface area contributed by atoms with E-state index in [4.69, 9.17) is 9.47 Å². The Labute approximate surface area is 174 Å². The minimum atomic E-state index is -0.182. The Hall–Kier alpha value is -3.00. The molecule has 0 unspecified atom stereocenters. The van der Waals surface area contributed by atoms with Crippen LogP contribution in [0.4, 0.5) is 0 Å². The summed E-state index contributed by atoms with van der Waals surface area (Å²) in [6.45, 7) is 4.89. The molecule has 0 aliphatic carbocycles. The van der Waals surface area contributed by atoms with Crippen molar-refractivity contribution in [2.75, 3.05) is 19.5 Å². The van der Waals surface area contributed by atoms with Gasteiger partial charge in [-0.1, -0.05) is 18.7 Å². The summed E-state index contributed by atoms with van der Waals surface area (Å²) in [5.41, 5.74) is 1.48. The number of methoxy groups -OCH3 is 1. The van der Waals surface area contributed by atoms with Gasteiger partial charge in [-0.2, -0.15) is 0 Å². The van der Waals surface area contributed by atoms with Crippen LogP contribution in [0, 0.1) is 0 Å². The van der Waals surface area contributed by atoms with E-state index in [-0.39, 0.29) is 12.5 Å². The maximum absolute atomic E-state index is 12.5. The first-order valence-electron chi connectivity index (χ1n) is 9.38. The van der Waals surface area contributed by atoms with Crippen molar-refractivity contribution in [2.24, 2.45) is 0 Å². The first-order chi connectivity index (χ1) is 14.2. The van der Waals surface area contributed by atoms with Crippen LogP contribution in [-0.4, -0.2) is 40.1 Å². The third-order valence-electron chi connectivity index (χ3n) is 4.14. The van der Waals surface area contributed by atoms with Crippen LogP contribution in [0.15, 0.2) is 53.7 Å². The molecule has 1 heterocycles. The number of nitrogens with zero attached hydrogens (tertiary/aromatic N) is 3. The Morgan fingerprint density at radius 1 is 1.03 bits per heavy atom. The molecular formula is C21H24N4O3S. The molecule has 2 aromatic carbocycles. The van der Waals surface area contributed by atoms with Crippen molar-refractivity contribution >= 4 is 17.7 Å². The molecule has 0 saturated carbocycles. The van der Waals surface area contributed by atoms with E-state index in [0.717, 1.165) is 22.3 Å². The number of hydrogen-bond acceptors (Lipinski definition) is 6. The predicted molar refractivity (Wildman–Crippen MR) is 113 cm³/mol. The Morgan fingerprint density at radius 3 is 2.34 bits per heavy atom. The van der Waals surface area contributed by atoms with Crippen molar-refractivity contribution in [3.05, 3.63) is 59.9 Å². The van der Waals surface area contributed by atoms with Gasteiger partial charge in [0.25, 0.3) is 5.91 Å². The second-order valence-corrected chi connectivity index (χ2v) is 7.24. The Morgan fingerprint density at radius 2 is 1.72 bits per heavy atom. The second-order valence-electron chi connectivity index (χ2n) is 6.01. The van der Waals surface area contributed by atoms with Crippen LogP contribution < -0.4 is 14.8 Å². The van der Waals surface area contributed by atoms with E-state index in [2.05, 4.69) is 22.4 Å². The summed E-state index contributed by atoms with van der Waals surface area (Å²) < 4.78 is 12.6. The summed E-state index contributed by atoms with van der Waals surface area (Å²) in [6, 6.07) is 14.7. The van der Waals surface area contributed by atoms with Crippen LogP contribution in [0.2, 0.25) is 0 Å². The molecule has 152 valence electrons. The molecule has 0 aliphatic heterocycles. The first kappa shape index (κ1) is 20.7. The van der Waals surface area contributed by atoms with Gasteiger partial charge in [-0.05, 0) is 61.2 Å². The highest BCUT2D eigenvalue weighted by molar-refractivity contribution is 7.99. The van der Waals surface area contributed by atoms with Gasteiger partial charge in [0.1, 0.15) is 11.5 Å². The molecule has 0 aliphatic rings. The zero-order chi connectivity index (χ0) is 20.6. The highest BCUT2D eigenvalue weighted by Gasteiger charge is 2.15. The quantitative estimate of drug-likeness (QED) is 0.540. The number of carbonyl (C=O) groups excluding carboxylic acids is 1. The smallest absolute Gasteiger partial charge is 0.251 e. The van der Waals surface area contributed by atoms with E-state index in [9.17, 15) is 4.79 Å². The van der Waals surface area contributed by atoms with Gasteiger partial charge in [-0.15, -0.1) is 10.2 Å². The largest absolute Gasteiger partial charge is 0.497 e. The fraction of sp³-hybridized carbons (Fsp3) is 0.286. The number of aromatic nitrogens is 3. The number of carbonyl (C=O) groups is 1. The van der Waals surface area contributed by atoms with Gasteiger partial charge in [-0.25, -0.2) is 0 Å². The van der Waals surface area contributed by atoms with Gasteiger partial charge in [-0.3, -0.25) is 9.36 Å². The third-order valence-corrected chi connectivity index (χ3v) is 4.95. The fourth-order valence-corrected chi connectivity index (χ4v) is 3.46. The molecule has 0 saturated heterocycles. The SMILES string of the molecule is CCOc1ccc(-n2c(CNC(=O)c3ccc(OC)cc3)nnc2SCC)cc1. The molecule has 0 bridgehead atoms. The minimum absolute atomic E-state index is 0.182. The Balaban J connectivity index is 1.79. The van der Waals surface area contributed by atoms with Gasteiger partial charge in [0, 0.05) is 11.3 Å². The minimum Gasteiger partial charge on any atom is -0.497 e. The van der Waals surface area contributed by atoms with E-state index in [1.54, 1.807) is 43.1 Å². The lowest BCUT2D eigenvalue weighted by atomic mass is 10.2. The molecule has 1 aromatic heterocycles. The normalized spacial score (nSPS) is 10.6. The topological polar surface area (TPSA) is 78.3 Å². The lowest BCUT2D eigenvalue weighted by molar-refractivity contribution is 0.0949. The third kappa shape index (κ3) is 5.08. The van der Waals surface area contributed by atoms with Crippen LogP contribution >= 0.6 is 11.8 Å².